The zero-order chi connectivity index (χ0) is 15.8. The van der Waals surface area contributed by atoms with Crippen LogP contribution in [0.3, 0.4) is 0 Å². The number of aromatic nitrogens is 1. The van der Waals surface area contributed by atoms with Crippen LogP contribution in [-0.2, 0) is 0 Å². The number of carbonyl (C=O) groups excluding carboxylic acids is 1. The number of hydrogen-bond acceptors (Lipinski definition) is 3. The van der Waals surface area contributed by atoms with Gasteiger partial charge in [0.15, 0.2) is 0 Å². The summed E-state index contributed by atoms with van der Waals surface area (Å²) >= 11 is 0. The Balaban J connectivity index is 1.99. The summed E-state index contributed by atoms with van der Waals surface area (Å²) in [4.78, 5) is 16.2. The van der Waals surface area contributed by atoms with Crippen LogP contribution in [0.1, 0.15) is 35.7 Å². The van der Waals surface area contributed by atoms with Crippen molar-refractivity contribution in [3.8, 4) is 5.88 Å². The van der Waals surface area contributed by atoms with Gasteiger partial charge in [-0.1, -0.05) is 37.6 Å². The first kappa shape index (κ1) is 15.8. The fourth-order valence-electron chi connectivity index (χ4n) is 1.91. The summed E-state index contributed by atoms with van der Waals surface area (Å²) in [7, 11) is 1.55. The van der Waals surface area contributed by atoms with Crippen LogP contribution in [0.5, 0.6) is 5.88 Å². The molecule has 0 aliphatic heterocycles. The maximum atomic E-state index is 12.2. The van der Waals surface area contributed by atoms with Crippen molar-refractivity contribution in [2.24, 2.45) is 0 Å². The summed E-state index contributed by atoms with van der Waals surface area (Å²) in [5.41, 5.74) is 2.34. The Morgan fingerprint density at radius 3 is 2.59 bits per heavy atom. The van der Waals surface area contributed by atoms with E-state index >= 15 is 0 Å². The molecule has 4 nitrogen and oxygen atoms in total. The number of pyridine rings is 1. The minimum atomic E-state index is -0.156. The molecule has 114 valence electrons. The standard InChI is InChI=1S/C18H20N2O2/c1-3-4-5-6-14-7-9-15(10-8-14)18(21)20-16-11-12-17(22-2)19-13-16/h5-13H,3-4H2,1-2H3,(H,20,21)/b6-5+. The number of ether oxygens (including phenoxy) is 1. The normalized spacial score (nSPS) is 10.6. The highest BCUT2D eigenvalue weighted by Gasteiger charge is 2.06. The Hall–Kier alpha value is -2.62. The average molecular weight is 296 g/mol. The van der Waals surface area contributed by atoms with E-state index < -0.39 is 0 Å². The number of carbonyl (C=O) groups is 1. The molecule has 4 heteroatoms. The Bertz CT molecular complexity index is 631. The highest BCUT2D eigenvalue weighted by atomic mass is 16.5. The van der Waals surface area contributed by atoms with Crippen LogP contribution >= 0.6 is 0 Å². The van der Waals surface area contributed by atoms with Gasteiger partial charge in [0.2, 0.25) is 5.88 Å². The van der Waals surface area contributed by atoms with E-state index in [4.69, 9.17) is 4.74 Å². The lowest BCUT2D eigenvalue weighted by atomic mass is 10.1. The lowest BCUT2D eigenvalue weighted by molar-refractivity contribution is 0.102. The number of rotatable bonds is 6. The number of methoxy groups -OCH3 is 1. The van der Waals surface area contributed by atoms with E-state index in [9.17, 15) is 4.79 Å². The molecule has 1 heterocycles. The smallest absolute Gasteiger partial charge is 0.255 e. The van der Waals surface area contributed by atoms with E-state index in [2.05, 4.69) is 29.4 Å². The van der Waals surface area contributed by atoms with Crippen molar-refractivity contribution in [2.45, 2.75) is 19.8 Å². The summed E-state index contributed by atoms with van der Waals surface area (Å²) in [6, 6.07) is 11.0. The molecule has 1 aromatic heterocycles. The first-order valence-electron chi connectivity index (χ1n) is 7.31. The van der Waals surface area contributed by atoms with Gasteiger partial charge in [-0.15, -0.1) is 0 Å². The predicted octanol–water partition coefficient (Wildman–Crippen LogP) is 4.16. The number of nitrogens with one attached hydrogen (secondary N) is 1. The molecule has 0 atom stereocenters. The van der Waals surface area contributed by atoms with E-state index in [1.165, 1.54) is 0 Å². The zero-order valence-electron chi connectivity index (χ0n) is 12.9. The molecule has 2 rings (SSSR count). The van der Waals surface area contributed by atoms with Gasteiger partial charge in [-0.05, 0) is 30.2 Å². The van der Waals surface area contributed by atoms with E-state index in [0.29, 0.717) is 17.1 Å². The highest BCUT2D eigenvalue weighted by molar-refractivity contribution is 6.04. The zero-order valence-corrected chi connectivity index (χ0v) is 12.9. The maximum absolute atomic E-state index is 12.2. The maximum Gasteiger partial charge on any atom is 0.255 e. The summed E-state index contributed by atoms with van der Waals surface area (Å²) in [6.07, 6.45) is 7.97. The minimum Gasteiger partial charge on any atom is -0.481 e. The summed E-state index contributed by atoms with van der Waals surface area (Å²) < 4.78 is 4.98. The van der Waals surface area contributed by atoms with Crippen molar-refractivity contribution >= 4 is 17.7 Å². The number of amides is 1. The molecule has 0 spiro atoms. The molecule has 1 aromatic carbocycles. The Labute approximate surface area is 130 Å². The largest absolute Gasteiger partial charge is 0.481 e. The summed E-state index contributed by atoms with van der Waals surface area (Å²) in [5.74, 6) is 0.359. The Morgan fingerprint density at radius 2 is 2.00 bits per heavy atom. The molecule has 22 heavy (non-hydrogen) atoms. The van der Waals surface area contributed by atoms with Gasteiger partial charge in [-0.2, -0.15) is 0 Å². The number of nitrogens with zero attached hydrogens (tertiary/aromatic N) is 1. The molecule has 0 saturated carbocycles. The predicted molar refractivity (Wildman–Crippen MR) is 89.1 cm³/mol. The number of anilines is 1. The van der Waals surface area contributed by atoms with Gasteiger partial charge < -0.3 is 10.1 Å². The van der Waals surface area contributed by atoms with E-state index in [-0.39, 0.29) is 5.91 Å². The van der Waals surface area contributed by atoms with Crippen LogP contribution in [0.15, 0.2) is 48.7 Å². The molecule has 1 amide bonds. The fraction of sp³-hybridized carbons (Fsp3) is 0.222. The highest BCUT2D eigenvalue weighted by Crippen LogP contribution is 2.13. The molecule has 1 N–H and O–H groups in total. The second-order valence-electron chi connectivity index (χ2n) is 4.86. The van der Waals surface area contributed by atoms with Gasteiger partial charge >= 0.3 is 0 Å². The molecular formula is C18H20N2O2. The van der Waals surface area contributed by atoms with Gasteiger partial charge in [-0.3, -0.25) is 4.79 Å². The van der Waals surface area contributed by atoms with Crippen LogP contribution in [0.25, 0.3) is 6.08 Å². The quantitative estimate of drug-likeness (QED) is 0.871. The van der Waals surface area contributed by atoms with Crippen LogP contribution in [-0.4, -0.2) is 18.0 Å². The van der Waals surface area contributed by atoms with Crippen molar-refractivity contribution in [3.05, 3.63) is 59.8 Å². The van der Waals surface area contributed by atoms with E-state index in [1.54, 1.807) is 25.4 Å². The minimum absolute atomic E-state index is 0.156. The van der Waals surface area contributed by atoms with Crippen molar-refractivity contribution < 1.29 is 9.53 Å². The molecule has 0 aliphatic rings. The second kappa shape index (κ2) is 7.98. The van der Waals surface area contributed by atoms with Crippen molar-refractivity contribution in [3.63, 3.8) is 0 Å². The number of unbranched alkanes of at least 4 members (excludes halogenated alkanes) is 1. The van der Waals surface area contributed by atoms with Gasteiger partial charge in [0.05, 0.1) is 19.0 Å². The molecule has 2 aromatic rings. The van der Waals surface area contributed by atoms with Crippen LogP contribution < -0.4 is 10.1 Å². The third-order valence-corrected chi connectivity index (χ3v) is 3.14. The van der Waals surface area contributed by atoms with Crippen LogP contribution in [0.4, 0.5) is 5.69 Å². The first-order chi connectivity index (χ1) is 10.7. The topological polar surface area (TPSA) is 51.2 Å². The molecule has 0 bridgehead atoms. The van der Waals surface area contributed by atoms with Gasteiger partial charge in [0.1, 0.15) is 0 Å². The third-order valence-electron chi connectivity index (χ3n) is 3.14. The van der Waals surface area contributed by atoms with Crippen molar-refractivity contribution in [2.75, 3.05) is 12.4 Å². The van der Waals surface area contributed by atoms with Gasteiger partial charge in [0.25, 0.3) is 5.91 Å². The Kier molecular flexibility index (Phi) is 5.72. The van der Waals surface area contributed by atoms with E-state index in [0.717, 1.165) is 18.4 Å². The van der Waals surface area contributed by atoms with Gasteiger partial charge in [0, 0.05) is 11.6 Å². The third kappa shape index (κ3) is 4.45. The van der Waals surface area contributed by atoms with Crippen molar-refractivity contribution in [1.29, 1.82) is 0 Å². The molecule has 0 aliphatic carbocycles. The average Bonchev–Trinajstić information content (AvgIpc) is 2.56. The van der Waals surface area contributed by atoms with E-state index in [1.807, 2.05) is 24.3 Å². The number of benzene rings is 1. The molecule has 0 unspecified atom stereocenters. The van der Waals surface area contributed by atoms with Crippen LogP contribution in [0, 0.1) is 0 Å². The number of allylic oxidation sites excluding steroid dienone is 1. The number of hydrogen-bond donors (Lipinski definition) is 1. The van der Waals surface area contributed by atoms with Gasteiger partial charge in [-0.25, -0.2) is 4.98 Å². The second-order valence-corrected chi connectivity index (χ2v) is 4.86. The molecule has 0 radical (unpaired) electrons. The van der Waals surface area contributed by atoms with Crippen LogP contribution in [0.2, 0.25) is 0 Å². The van der Waals surface area contributed by atoms with Crippen molar-refractivity contribution in [1.82, 2.24) is 4.98 Å². The summed E-state index contributed by atoms with van der Waals surface area (Å²) in [6.45, 7) is 2.14. The lowest BCUT2D eigenvalue weighted by Crippen LogP contribution is -2.11. The SMILES string of the molecule is CCC/C=C/c1ccc(C(=O)Nc2ccc(OC)nc2)cc1. The molecular weight excluding hydrogens is 276 g/mol. The molecule has 0 saturated heterocycles. The fourth-order valence-corrected chi connectivity index (χ4v) is 1.91. The lowest BCUT2D eigenvalue weighted by Gasteiger charge is -2.06. The molecule has 0 fully saturated rings. The first-order valence-corrected chi connectivity index (χ1v) is 7.31. The monoisotopic (exact) mass is 296 g/mol. The summed E-state index contributed by atoms with van der Waals surface area (Å²) in [5, 5.41) is 2.81. The Morgan fingerprint density at radius 1 is 1.23 bits per heavy atom.